The molecule has 4 nitrogen and oxygen atoms in total. The van der Waals surface area contributed by atoms with Gasteiger partial charge in [-0.2, -0.15) is 0 Å². The van der Waals surface area contributed by atoms with Crippen molar-refractivity contribution in [2.75, 3.05) is 20.2 Å². The number of hydrogen-bond acceptors (Lipinski definition) is 3. The Hall–Kier alpha value is -2.56. The number of ether oxygens (including phenoxy) is 2. The molecular formula is C18H18FNO3. The number of halogens is 1. The maximum Gasteiger partial charge on any atom is 0.226 e. The molecule has 0 N–H and O–H groups in total. The van der Waals surface area contributed by atoms with E-state index in [-0.39, 0.29) is 24.2 Å². The van der Waals surface area contributed by atoms with E-state index in [2.05, 4.69) is 0 Å². The third-order valence-corrected chi connectivity index (χ3v) is 3.77. The Bertz CT molecular complexity index is 704. The lowest BCUT2D eigenvalue weighted by Gasteiger charge is -2.29. The third kappa shape index (κ3) is 3.62. The Balaban J connectivity index is 1.58. The molecule has 2 aromatic rings. The molecule has 3 rings (SSSR count). The molecule has 0 radical (unpaired) electrons. The summed E-state index contributed by atoms with van der Waals surface area (Å²) in [5, 5.41) is 0. The summed E-state index contributed by atoms with van der Waals surface area (Å²) in [6.07, 6.45) is -0.202. The number of nitrogens with zero attached hydrogens (tertiary/aromatic N) is 1. The molecule has 2 aromatic carbocycles. The van der Waals surface area contributed by atoms with Gasteiger partial charge in [0.15, 0.2) is 17.6 Å². The first-order valence-corrected chi connectivity index (χ1v) is 7.49. The van der Waals surface area contributed by atoms with Crippen molar-refractivity contribution >= 4 is 5.91 Å². The fraction of sp³-hybridized carbons (Fsp3) is 0.278. The Kier molecular flexibility index (Phi) is 4.46. The van der Waals surface area contributed by atoms with Gasteiger partial charge >= 0.3 is 0 Å². The Morgan fingerprint density at radius 2 is 1.87 bits per heavy atom. The SMILES string of the molecule is CN(CC1COc2ccccc2O1)C(=O)Cc1ccccc1F. The largest absolute Gasteiger partial charge is 0.486 e. The molecule has 5 heteroatoms. The van der Waals surface area contributed by atoms with Crippen molar-refractivity contribution in [1.29, 1.82) is 0 Å². The molecule has 0 spiro atoms. The Morgan fingerprint density at radius 1 is 1.17 bits per heavy atom. The van der Waals surface area contributed by atoms with E-state index >= 15 is 0 Å². The van der Waals surface area contributed by atoms with Crippen LogP contribution in [0, 0.1) is 5.82 Å². The topological polar surface area (TPSA) is 38.8 Å². The molecule has 0 fully saturated rings. The van der Waals surface area contributed by atoms with E-state index in [0.717, 1.165) is 0 Å². The second-order valence-electron chi connectivity index (χ2n) is 5.54. The van der Waals surface area contributed by atoms with Crippen LogP contribution in [-0.2, 0) is 11.2 Å². The first kappa shape index (κ1) is 15.3. The summed E-state index contributed by atoms with van der Waals surface area (Å²) in [6, 6.07) is 13.7. The Morgan fingerprint density at radius 3 is 2.65 bits per heavy atom. The van der Waals surface area contributed by atoms with Gasteiger partial charge in [0.1, 0.15) is 12.4 Å². The molecule has 0 saturated heterocycles. The van der Waals surface area contributed by atoms with E-state index < -0.39 is 0 Å². The zero-order valence-electron chi connectivity index (χ0n) is 12.9. The van der Waals surface area contributed by atoms with Crippen LogP contribution in [0.1, 0.15) is 5.56 Å². The lowest BCUT2D eigenvalue weighted by Crippen LogP contribution is -2.42. The van der Waals surface area contributed by atoms with Crippen LogP contribution in [0.15, 0.2) is 48.5 Å². The van der Waals surface area contributed by atoms with Crippen molar-refractivity contribution in [2.24, 2.45) is 0 Å². The number of benzene rings is 2. The van der Waals surface area contributed by atoms with Crippen LogP contribution in [0.5, 0.6) is 11.5 Å². The highest BCUT2D eigenvalue weighted by atomic mass is 19.1. The third-order valence-electron chi connectivity index (χ3n) is 3.77. The van der Waals surface area contributed by atoms with Crippen molar-refractivity contribution in [3.63, 3.8) is 0 Å². The molecule has 0 bridgehead atoms. The van der Waals surface area contributed by atoms with Gasteiger partial charge in [0.2, 0.25) is 5.91 Å². The molecule has 1 amide bonds. The van der Waals surface area contributed by atoms with Crippen molar-refractivity contribution in [1.82, 2.24) is 4.90 Å². The molecular weight excluding hydrogens is 297 g/mol. The van der Waals surface area contributed by atoms with Gasteiger partial charge in [-0.25, -0.2) is 4.39 Å². The number of rotatable bonds is 4. The molecule has 0 saturated carbocycles. The van der Waals surface area contributed by atoms with E-state index in [1.54, 1.807) is 30.1 Å². The first-order chi connectivity index (χ1) is 11.1. The number of amides is 1. The average Bonchev–Trinajstić information content (AvgIpc) is 2.56. The summed E-state index contributed by atoms with van der Waals surface area (Å²) in [5.41, 5.74) is 0.399. The summed E-state index contributed by atoms with van der Waals surface area (Å²) < 4.78 is 25.1. The van der Waals surface area contributed by atoms with Crippen LogP contribution in [-0.4, -0.2) is 37.1 Å². The van der Waals surface area contributed by atoms with Crippen LogP contribution >= 0.6 is 0 Å². The predicted molar refractivity (Wildman–Crippen MR) is 84.1 cm³/mol. The van der Waals surface area contributed by atoms with E-state index in [9.17, 15) is 9.18 Å². The predicted octanol–water partition coefficient (Wildman–Crippen LogP) is 2.67. The summed E-state index contributed by atoms with van der Waals surface area (Å²) in [5.74, 6) is 0.876. The maximum absolute atomic E-state index is 13.6. The minimum atomic E-state index is -0.361. The monoisotopic (exact) mass is 315 g/mol. The van der Waals surface area contributed by atoms with Crippen LogP contribution in [0.4, 0.5) is 4.39 Å². The second-order valence-corrected chi connectivity index (χ2v) is 5.54. The van der Waals surface area contributed by atoms with Gasteiger partial charge in [0.05, 0.1) is 13.0 Å². The van der Waals surface area contributed by atoms with Crippen LogP contribution in [0.25, 0.3) is 0 Å². The zero-order chi connectivity index (χ0) is 16.2. The summed E-state index contributed by atoms with van der Waals surface area (Å²) in [7, 11) is 1.69. The first-order valence-electron chi connectivity index (χ1n) is 7.49. The molecule has 0 aromatic heterocycles. The molecule has 23 heavy (non-hydrogen) atoms. The van der Waals surface area contributed by atoms with Crippen LogP contribution in [0.2, 0.25) is 0 Å². The van der Waals surface area contributed by atoms with Gasteiger partial charge in [-0.1, -0.05) is 30.3 Å². The fourth-order valence-corrected chi connectivity index (χ4v) is 2.50. The number of carbonyl (C=O) groups excluding carboxylic acids is 1. The minimum absolute atomic E-state index is 0.0351. The average molecular weight is 315 g/mol. The number of fused-ring (bicyclic) bond motifs is 1. The Labute approximate surface area is 134 Å². The van der Waals surface area contributed by atoms with Gasteiger partial charge in [-0.05, 0) is 23.8 Å². The minimum Gasteiger partial charge on any atom is -0.486 e. The van der Waals surface area contributed by atoms with Crippen molar-refractivity contribution in [3.8, 4) is 11.5 Å². The smallest absolute Gasteiger partial charge is 0.226 e. The highest BCUT2D eigenvalue weighted by Gasteiger charge is 2.24. The quantitative estimate of drug-likeness (QED) is 0.871. The van der Waals surface area contributed by atoms with Gasteiger partial charge < -0.3 is 14.4 Å². The summed E-state index contributed by atoms with van der Waals surface area (Å²) >= 11 is 0. The maximum atomic E-state index is 13.6. The summed E-state index contributed by atoms with van der Waals surface area (Å²) in [4.78, 5) is 13.8. The van der Waals surface area contributed by atoms with E-state index in [1.165, 1.54) is 6.07 Å². The fourth-order valence-electron chi connectivity index (χ4n) is 2.50. The molecule has 120 valence electrons. The van der Waals surface area contributed by atoms with E-state index in [0.29, 0.717) is 30.2 Å². The number of hydrogen-bond donors (Lipinski definition) is 0. The van der Waals surface area contributed by atoms with Gasteiger partial charge in [0, 0.05) is 7.05 Å². The van der Waals surface area contributed by atoms with Crippen molar-refractivity contribution in [2.45, 2.75) is 12.5 Å². The number of para-hydroxylation sites is 2. The molecule has 1 heterocycles. The summed E-state index contributed by atoms with van der Waals surface area (Å²) in [6.45, 7) is 0.774. The number of likely N-dealkylation sites (N-methyl/N-ethyl adjacent to an activating group) is 1. The van der Waals surface area contributed by atoms with E-state index in [1.807, 2.05) is 24.3 Å². The highest BCUT2D eigenvalue weighted by molar-refractivity contribution is 5.78. The lowest BCUT2D eigenvalue weighted by molar-refractivity contribution is -0.130. The van der Waals surface area contributed by atoms with Crippen LogP contribution in [0.3, 0.4) is 0 Å². The van der Waals surface area contributed by atoms with Crippen molar-refractivity contribution < 1.29 is 18.7 Å². The van der Waals surface area contributed by atoms with Gasteiger partial charge in [-0.3, -0.25) is 4.79 Å². The van der Waals surface area contributed by atoms with Gasteiger partial charge in [0.25, 0.3) is 0 Å². The number of carbonyl (C=O) groups is 1. The van der Waals surface area contributed by atoms with Gasteiger partial charge in [-0.15, -0.1) is 0 Å². The highest BCUT2D eigenvalue weighted by Crippen LogP contribution is 2.30. The molecule has 1 aliphatic rings. The second kappa shape index (κ2) is 6.69. The molecule has 0 aliphatic carbocycles. The zero-order valence-corrected chi connectivity index (χ0v) is 12.9. The molecule has 1 unspecified atom stereocenters. The normalized spacial score (nSPS) is 16.0. The van der Waals surface area contributed by atoms with Crippen LogP contribution < -0.4 is 9.47 Å². The van der Waals surface area contributed by atoms with E-state index in [4.69, 9.17) is 9.47 Å². The lowest BCUT2D eigenvalue weighted by atomic mass is 10.1. The standard InChI is InChI=1S/C18H18FNO3/c1-20(18(21)10-13-6-2-3-7-15(13)19)11-14-12-22-16-8-4-5-9-17(16)23-14/h2-9,14H,10-12H2,1H3. The van der Waals surface area contributed by atoms with Crippen molar-refractivity contribution in [3.05, 3.63) is 59.9 Å². The molecule has 1 aliphatic heterocycles. The molecule has 1 atom stereocenters.